The number of hydrogen-bond acceptors (Lipinski definition) is 5. The smallest absolute Gasteiger partial charge is 0.220 e. The normalized spacial score (nSPS) is 10.6. The van der Waals surface area contributed by atoms with E-state index in [2.05, 4.69) is 15.7 Å². The van der Waals surface area contributed by atoms with E-state index < -0.39 is 0 Å². The lowest BCUT2D eigenvalue weighted by molar-refractivity contribution is -0.120. The summed E-state index contributed by atoms with van der Waals surface area (Å²) in [5, 5.41) is 14.6. The molecule has 0 aliphatic carbocycles. The highest BCUT2D eigenvalue weighted by molar-refractivity contribution is 7.98. The summed E-state index contributed by atoms with van der Waals surface area (Å²) in [7, 11) is 0. The molecule has 1 aromatic rings. The lowest BCUT2D eigenvalue weighted by Crippen LogP contribution is -2.24. The second-order valence-electron chi connectivity index (χ2n) is 3.94. The quantitative estimate of drug-likeness (QED) is 0.682. The van der Waals surface area contributed by atoms with Crippen LogP contribution in [0.1, 0.15) is 30.0 Å². The van der Waals surface area contributed by atoms with Gasteiger partial charge in [-0.2, -0.15) is 11.8 Å². The van der Waals surface area contributed by atoms with Crippen LogP contribution in [0.5, 0.6) is 0 Å². The number of rotatable bonds is 9. The molecule has 0 radical (unpaired) electrons. The Kier molecular flexibility index (Phi) is 8.04. The highest BCUT2D eigenvalue weighted by Gasteiger charge is 2.02. The second kappa shape index (κ2) is 9.35. The zero-order chi connectivity index (χ0) is 13.2. The number of nitrogens with one attached hydrogen (secondary N) is 1. The van der Waals surface area contributed by atoms with Crippen LogP contribution in [0.4, 0.5) is 0 Å². The third-order valence-electron chi connectivity index (χ3n) is 2.30. The Morgan fingerprint density at radius 2 is 2.39 bits per heavy atom. The van der Waals surface area contributed by atoms with E-state index in [1.807, 2.05) is 6.92 Å². The molecule has 0 saturated heterocycles. The molecule has 0 aromatic carbocycles. The zero-order valence-corrected chi connectivity index (χ0v) is 12.3. The van der Waals surface area contributed by atoms with Crippen LogP contribution in [0.2, 0.25) is 0 Å². The molecule has 0 aliphatic rings. The predicted molar refractivity (Wildman–Crippen MR) is 77.0 cm³/mol. The topological polar surface area (TPSA) is 62.2 Å². The summed E-state index contributed by atoms with van der Waals surface area (Å²) in [6, 6.07) is 0. The van der Waals surface area contributed by atoms with Crippen molar-refractivity contribution in [3.63, 3.8) is 0 Å². The van der Waals surface area contributed by atoms with Gasteiger partial charge in [0.15, 0.2) is 0 Å². The van der Waals surface area contributed by atoms with Crippen molar-refractivity contribution in [1.29, 1.82) is 0 Å². The van der Waals surface area contributed by atoms with Gasteiger partial charge >= 0.3 is 0 Å². The molecule has 1 rings (SSSR count). The Balaban J connectivity index is 1.98. The van der Waals surface area contributed by atoms with Crippen LogP contribution in [-0.4, -0.2) is 34.9 Å². The fraction of sp³-hybridized carbons (Fsp3) is 0.667. The predicted octanol–water partition coefficient (Wildman–Crippen LogP) is 1.96. The molecule has 0 aliphatic heterocycles. The number of amides is 1. The molecule has 6 heteroatoms. The van der Waals surface area contributed by atoms with Gasteiger partial charge in [-0.05, 0) is 19.8 Å². The van der Waals surface area contributed by atoms with Crippen LogP contribution < -0.4 is 5.32 Å². The Bertz CT molecular complexity index is 356. The van der Waals surface area contributed by atoms with Gasteiger partial charge in [0.05, 0.1) is 10.7 Å². The highest BCUT2D eigenvalue weighted by atomic mass is 32.2. The lowest BCUT2D eigenvalue weighted by Gasteiger charge is -2.04. The third-order valence-corrected chi connectivity index (χ3v) is 4.11. The molecule has 4 nitrogen and oxygen atoms in total. The molecule has 1 aromatic heterocycles. The standard InChI is InChI=1S/C12H20N2O2S2/c1-10-14-11(9-18-10)8-17-7-4-12(16)13-5-2-3-6-15/h9,15H,2-8H2,1H3,(H,13,16). The maximum Gasteiger partial charge on any atom is 0.220 e. The van der Waals surface area contributed by atoms with Gasteiger partial charge in [-0.25, -0.2) is 4.98 Å². The van der Waals surface area contributed by atoms with E-state index in [-0.39, 0.29) is 12.5 Å². The number of carbonyl (C=O) groups excluding carboxylic acids is 1. The number of thiazole rings is 1. The zero-order valence-electron chi connectivity index (χ0n) is 10.6. The first-order valence-corrected chi connectivity index (χ1v) is 8.12. The maximum atomic E-state index is 11.4. The van der Waals surface area contributed by atoms with Gasteiger partial charge in [0.1, 0.15) is 0 Å². The number of aliphatic hydroxyl groups excluding tert-OH is 1. The molecule has 1 amide bonds. The fourth-order valence-electron chi connectivity index (χ4n) is 1.37. The minimum absolute atomic E-state index is 0.0925. The molecule has 18 heavy (non-hydrogen) atoms. The molecule has 0 atom stereocenters. The summed E-state index contributed by atoms with van der Waals surface area (Å²) in [5.74, 6) is 1.79. The van der Waals surface area contributed by atoms with Crippen LogP contribution in [0, 0.1) is 6.92 Å². The van der Waals surface area contributed by atoms with Gasteiger partial charge in [0.2, 0.25) is 5.91 Å². The van der Waals surface area contributed by atoms with E-state index in [1.165, 1.54) is 0 Å². The van der Waals surface area contributed by atoms with Crippen LogP contribution in [0.3, 0.4) is 0 Å². The number of aliphatic hydroxyl groups is 1. The molecule has 2 N–H and O–H groups in total. The minimum atomic E-state index is 0.0925. The molecule has 0 fully saturated rings. The molecule has 102 valence electrons. The van der Waals surface area contributed by atoms with Crippen molar-refractivity contribution in [1.82, 2.24) is 10.3 Å². The summed E-state index contributed by atoms with van der Waals surface area (Å²) >= 11 is 3.40. The van der Waals surface area contributed by atoms with Crippen molar-refractivity contribution in [2.24, 2.45) is 0 Å². The van der Waals surface area contributed by atoms with Crippen molar-refractivity contribution in [3.05, 3.63) is 16.1 Å². The molecule has 0 spiro atoms. The van der Waals surface area contributed by atoms with E-state index in [0.29, 0.717) is 13.0 Å². The summed E-state index contributed by atoms with van der Waals surface area (Å²) in [6.07, 6.45) is 2.14. The molecular formula is C12H20N2O2S2. The lowest BCUT2D eigenvalue weighted by atomic mass is 10.3. The number of nitrogens with zero attached hydrogens (tertiary/aromatic N) is 1. The summed E-state index contributed by atoms with van der Waals surface area (Å²) in [6.45, 7) is 2.85. The minimum Gasteiger partial charge on any atom is -0.396 e. The Morgan fingerprint density at radius 1 is 1.56 bits per heavy atom. The van der Waals surface area contributed by atoms with Gasteiger partial charge < -0.3 is 10.4 Å². The second-order valence-corrected chi connectivity index (χ2v) is 6.11. The number of aromatic nitrogens is 1. The van der Waals surface area contributed by atoms with Gasteiger partial charge in [-0.1, -0.05) is 0 Å². The summed E-state index contributed by atoms with van der Waals surface area (Å²) < 4.78 is 0. The van der Waals surface area contributed by atoms with Gasteiger partial charge in [-0.15, -0.1) is 11.3 Å². The molecule has 0 saturated carbocycles. The number of thioether (sulfide) groups is 1. The average Bonchev–Trinajstić information content (AvgIpc) is 2.76. The van der Waals surface area contributed by atoms with Gasteiger partial charge in [0, 0.05) is 36.5 Å². The molecule has 0 bridgehead atoms. The van der Waals surface area contributed by atoms with Crippen molar-refractivity contribution >= 4 is 29.0 Å². The van der Waals surface area contributed by atoms with E-state index in [0.717, 1.165) is 35.0 Å². The SMILES string of the molecule is Cc1nc(CSCCC(=O)NCCCCO)cs1. The first-order valence-electron chi connectivity index (χ1n) is 6.08. The Labute approximate surface area is 116 Å². The summed E-state index contributed by atoms with van der Waals surface area (Å²) in [4.78, 5) is 15.8. The number of aryl methyl sites for hydroxylation is 1. The highest BCUT2D eigenvalue weighted by Crippen LogP contribution is 2.15. The van der Waals surface area contributed by atoms with Gasteiger partial charge in [0.25, 0.3) is 0 Å². The van der Waals surface area contributed by atoms with Crippen LogP contribution >= 0.6 is 23.1 Å². The van der Waals surface area contributed by atoms with E-state index in [4.69, 9.17) is 5.11 Å². The molecular weight excluding hydrogens is 268 g/mol. The number of hydrogen-bond donors (Lipinski definition) is 2. The van der Waals surface area contributed by atoms with Crippen LogP contribution in [-0.2, 0) is 10.5 Å². The fourth-order valence-corrected chi connectivity index (χ4v) is 2.92. The Hall–Kier alpha value is -0.590. The Morgan fingerprint density at radius 3 is 3.06 bits per heavy atom. The first-order chi connectivity index (χ1) is 8.72. The van der Waals surface area contributed by atoms with Crippen molar-refractivity contribution in [2.45, 2.75) is 31.9 Å². The largest absolute Gasteiger partial charge is 0.396 e. The van der Waals surface area contributed by atoms with Gasteiger partial charge in [-0.3, -0.25) is 4.79 Å². The molecule has 1 heterocycles. The number of unbranched alkanes of at least 4 members (excludes halogenated alkanes) is 1. The number of carbonyl (C=O) groups is 1. The third kappa shape index (κ3) is 6.98. The maximum absolute atomic E-state index is 11.4. The summed E-state index contributed by atoms with van der Waals surface area (Å²) in [5.41, 5.74) is 1.10. The van der Waals surface area contributed by atoms with Crippen LogP contribution in [0.25, 0.3) is 0 Å². The average molecular weight is 288 g/mol. The monoisotopic (exact) mass is 288 g/mol. The first kappa shape index (κ1) is 15.5. The van der Waals surface area contributed by atoms with Crippen molar-refractivity contribution in [3.8, 4) is 0 Å². The van der Waals surface area contributed by atoms with Crippen molar-refractivity contribution < 1.29 is 9.90 Å². The molecule has 0 unspecified atom stereocenters. The van der Waals surface area contributed by atoms with E-state index in [1.54, 1.807) is 23.1 Å². The van der Waals surface area contributed by atoms with E-state index >= 15 is 0 Å². The van der Waals surface area contributed by atoms with Crippen LogP contribution in [0.15, 0.2) is 5.38 Å². The van der Waals surface area contributed by atoms with E-state index in [9.17, 15) is 4.79 Å². The van der Waals surface area contributed by atoms with Crippen molar-refractivity contribution in [2.75, 3.05) is 18.9 Å².